The fourth-order valence-electron chi connectivity index (χ4n) is 1.65. The van der Waals surface area contributed by atoms with Crippen LogP contribution in [0.1, 0.15) is 12.5 Å². The van der Waals surface area contributed by atoms with Crippen LogP contribution in [0, 0.1) is 0 Å². The maximum Gasteiger partial charge on any atom is 0.418 e. The first-order chi connectivity index (χ1) is 8.41. The topological polar surface area (TPSA) is 29.3 Å². The van der Waals surface area contributed by atoms with E-state index in [1.807, 2.05) is 0 Å². The number of benzene rings is 1. The summed E-state index contributed by atoms with van der Waals surface area (Å²) in [5, 5.41) is 0. The summed E-state index contributed by atoms with van der Waals surface area (Å²) < 4.78 is 38.6. The quantitative estimate of drug-likeness (QED) is 0.838. The molecule has 0 saturated heterocycles. The van der Waals surface area contributed by atoms with Gasteiger partial charge in [-0.3, -0.25) is 0 Å². The van der Waals surface area contributed by atoms with Crippen LogP contribution in [0.15, 0.2) is 48.3 Å². The van der Waals surface area contributed by atoms with E-state index in [1.54, 1.807) is 32.2 Å². The van der Waals surface area contributed by atoms with Crippen LogP contribution in [0.5, 0.6) is 0 Å². The zero-order valence-corrected chi connectivity index (χ0v) is 10.2. The lowest BCUT2D eigenvalue weighted by Gasteiger charge is -2.24. The summed E-state index contributed by atoms with van der Waals surface area (Å²) in [5.74, 6) is 0. The highest BCUT2D eigenvalue weighted by Crippen LogP contribution is 2.37. The van der Waals surface area contributed by atoms with Gasteiger partial charge >= 0.3 is 6.18 Å². The molecule has 1 aromatic carbocycles. The van der Waals surface area contributed by atoms with Gasteiger partial charge in [0.2, 0.25) is 0 Å². The van der Waals surface area contributed by atoms with E-state index in [-0.39, 0.29) is 5.69 Å². The van der Waals surface area contributed by atoms with Crippen molar-refractivity contribution in [3.63, 3.8) is 0 Å². The van der Waals surface area contributed by atoms with Crippen molar-refractivity contribution in [3.8, 4) is 0 Å². The summed E-state index contributed by atoms with van der Waals surface area (Å²) in [7, 11) is 1.57. The van der Waals surface area contributed by atoms with Crippen LogP contribution in [-0.4, -0.2) is 7.05 Å². The Morgan fingerprint density at radius 2 is 1.89 bits per heavy atom. The number of rotatable bonds is 3. The molecule has 2 nitrogen and oxygen atoms in total. The van der Waals surface area contributed by atoms with Gasteiger partial charge in [-0.25, -0.2) is 0 Å². The third kappa shape index (κ3) is 3.06. The number of alkyl halides is 3. The number of hydrogen-bond donors (Lipinski definition) is 1. The van der Waals surface area contributed by atoms with Gasteiger partial charge in [0, 0.05) is 12.7 Å². The van der Waals surface area contributed by atoms with Gasteiger partial charge in [-0.05, 0) is 31.3 Å². The zero-order valence-electron chi connectivity index (χ0n) is 10.2. The lowest BCUT2D eigenvalue weighted by molar-refractivity contribution is -0.137. The van der Waals surface area contributed by atoms with Gasteiger partial charge in [-0.15, -0.1) is 0 Å². The fourth-order valence-corrected chi connectivity index (χ4v) is 1.65. The van der Waals surface area contributed by atoms with Crippen molar-refractivity contribution in [1.82, 2.24) is 0 Å². The molecule has 5 heteroatoms. The highest BCUT2D eigenvalue weighted by molar-refractivity contribution is 5.59. The first kappa shape index (κ1) is 14.2. The number of allylic oxidation sites excluding steroid dienone is 2. The average Bonchev–Trinajstić information content (AvgIpc) is 2.34. The number of nitrogens with zero attached hydrogens (tertiary/aromatic N) is 1. The lowest BCUT2D eigenvalue weighted by atomic mass is 10.1. The van der Waals surface area contributed by atoms with Crippen LogP contribution >= 0.6 is 0 Å². The second kappa shape index (κ2) is 5.62. The molecule has 0 bridgehead atoms. The summed E-state index contributed by atoms with van der Waals surface area (Å²) in [5.41, 5.74) is 5.29. The summed E-state index contributed by atoms with van der Waals surface area (Å²) in [6, 6.07) is 5.43. The number of halogens is 3. The molecule has 0 aliphatic carbocycles. The molecule has 0 spiro atoms. The summed E-state index contributed by atoms with van der Waals surface area (Å²) >= 11 is 0. The molecule has 18 heavy (non-hydrogen) atoms. The molecule has 0 radical (unpaired) electrons. The molecule has 2 N–H and O–H groups in total. The number of hydrogen-bond acceptors (Lipinski definition) is 2. The Balaban J connectivity index is 3.25. The molecule has 1 rings (SSSR count). The Hall–Kier alpha value is -1.91. The zero-order chi connectivity index (χ0) is 13.8. The molecule has 0 fully saturated rings. The van der Waals surface area contributed by atoms with Crippen LogP contribution < -0.4 is 10.6 Å². The Morgan fingerprint density at radius 1 is 1.28 bits per heavy atom. The van der Waals surface area contributed by atoms with Gasteiger partial charge in [0.25, 0.3) is 0 Å². The number of nitrogens with two attached hydrogens (primary N) is 1. The Morgan fingerprint density at radius 3 is 2.39 bits per heavy atom. The number of para-hydroxylation sites is 1. The second-order valence-corrected chi connectivity index (χ2v) is 3.65. The van der Waals surface area contributed by atoms with E-state index in [1.165, 1.54) is 23.2 Å². The van der Waals surface area contributed by atoms with E-state index in [0.717, 1.165) is 6.07 Å². The van der Waals surface area contributed by atoms with E-state index in [9.17, 15) is 13.2 Å². The molecule has 0 aliphatic rings. The van der Waals surface area contributed by atoms with Crippen molar-refractivity contribution in [3.05, 3.63) is 53.9 Å². The normalized spacial score (nSPS) is 13.1. The molecule has 0 heterocycles. The Labute approximate surface area is 104 Å². The van der Waals surface area contributed by atoms with Crippen LogP contribution in [-0.2, 0) is 6.18 Å². The monoisotopic (exact) mass is 256 g/mol. The molecule has 0 aliphatic heterocycles. The van der Waals surface area contributed by atoms with Crippen molar-refractivity contribution in [1.29, 1.82) is 0 Å². The molecule has 1 aromatic rings. The van der Waals surface area contributed by atoms with Crippen molar-refractivity contribution < 1.29 is 13.2 Å². The molecule has 0 aromatic heterocycles. The summed E-state index contributed by atoms with van der Waals surface area (Å²) in [6.07, 6.45) is 0.155. The second-order valence-electron chi connectivity index (χ2n) is 3.65. The minimum Gasteiger partial charge on any atom is -0.405 e. The fraction of sp³-hybridized carbons (Fsp3) is 0.231. The van der Waals surface area contributed by atoms with Gasteiger partial charge in [-0.2, -0.15) is 13.2 Å². The first-order valence-electron chi connectivity index (χ1n) is 5.36. The van der Waals surface area contributed by atoms with Gasteiger partial charge in [0.15, 0.2) is 0 Å². The SMILES string of the molecule is C/C=C(\C=C/N)N(C)c1ccccc1C(F)(F)F. The molecular formula is C13H15F3N2. The first-order valence-corrected chi connectivity index (χ1v) is 5.36. The summed E-state index contributed by atoms with van der Waals surface area (Å²) in [4.78, 5) is 1.45. The molecule has 0 unspecified atom stereocenters. The van der Waals surface area contributed by atoms with Crippen molar-refractivity contribution in [2.45, 2.75) is 13.1 Å². The van der Waals surface area contributed by atoms with Crippen molar-refractivity contribution in [2.24, 2.45) is 5.73 Å². The molecule has 0 saturated carbocycles. The highest BCUT2D eigenvalue weighted by Gasteiger charge is 2.34. The van der Waals surface area contributed by atoms with Crippen LogP contribution in [0.4, 0.5) is 18.9 Å². The van der Waals surface area contributed by atoms with Gasteiger partial charge in [0.05, 0.1) is 11.3 Å². The maximum atomic E-state index is 12.9. The van der Waals surface area contributed by atoms with Crippen LogP contribution in [0.2, 0.25) is 0 Å². The minimum absolute atomic E-state index is 0.0937. The Kier molecular flexibility index (Phi) is 4.42. The molecule has 0 amide bonds. The lowest BCUT2D eigenvalue weighted by Crippen LogP contribution is -2.20. The van der Waals surface area contributed by atoms with Crippen molar-refractivity contribution >= 4 is 5.69 Å². The van der Waals surface area contributed by atoms with Crippen LogP contribution in [0.25, 0.3) is 0 Å². The number of anilines is 1. The van der Waals surface area contributed by atoms with Gasteiger partial charge in [-0.1, -0.05) is 18.2 Å². The Bertz CT molecular complexity index is 462. The van der Waals surface area contributed by atoms with Gasteiger partial charge < -0.3 is 10.6 Å². The third-order valence-corrected chi connectivity index (χ3v) is 2.52. The van der Waals surface area contributed by atoms with E-state index >= 15 is 0 Å². The van der Waals surface area contributed by atoms with E-state index < -0.39 is 11.7 Å². The largest absolute Gasteiger partial charge is 0.418 e. The molecule has 98 valence electrons. The third-order valence-electron chi connectivity index (χ3n) is 2.52. The molecular weight excluding hydrogens is 241 g/mol. The standard InChI is InChI=1S/C13H15F3N2/c1-3-10(8-9-17)18(2)12-7-5-4-6-11(12)13(14,15)16/h3-9H,17H2,1-2H3/b9-8-,10-3+. The average molecular weight is 256 g/mol. The predicted octanol–water partition coefficient (Wildman–Crippen LogP) is 3.52. The van der Waals surface area contributed by atoms with Crippen molar-refractivity contribution in [2.75, 3.05) is 11.9 Å². The smallest absolute Gasteiger partial charge is 0.405 e. The van der Waals surface area contributed by atoms with Crippen LogP contribution in [0.3, 0.4) is 0 Å². The number of likely N-dealkylation sites (N-methyl/N-ethyl adjacent to an activating group) is 1. The summed E-state index contributed by atoms with van der Waals surface area (Å²) in [6.45, 7) is 1.74. The van der Waals surface area contributed by atoms with Gasteiger partial charge in [0.1, 0.15) is 0 Å². The molecule has 0 atom stereocenters. The minimum atomic E-state index is -4.38. The maximum absolute atomic E-state index is 12.9. The van der Waals surface area contributed by atoms with E-state index in [2.05, 4.69) is 0 Å². The van der Waals surface area contributed by atoms with E-state index in [0.29, 0.717) is 5.70 Å². The predicted molar refractivity (Wildman–Crippen MR) is 66.9 cm³/mol. The van der Waals surface area contributed by atoms with E-state index in [4.69, 9.17) is 5.73 Å². The highest BCUT2D eigenvalue weighted by atomic mass is 19.4.